The predicted octanol–water partition coefficient (Wildman–Crippen LogP) is 2.30. The van der Waals surface area contributed by atoms with Gasteiger partial charge in [0, 0.05) is 18.8 Å². The zero-order chi connectivity index (χ0) is 9.84. The number of hydrogen-bond donors (Lipinski definition) is 0. The maximum Gasteiger partial charge on any atom is 0.0856 e. The second-order valence-electron chi connectivity index (χ2n) is 3.53. The minimum Gasteiger partial charge on any atom is -0.371 e. The van der Waals surface area contributed by atoms with E-state index in [-0.39, 0.29) is 12.2 Å². The van der Waals surface area contributed by atoms with Gasteiger partial charge in [-0.15, -0.1) is 0 Å². The Bertz CT molecular complexity index is 255. The molecular formula is C10H18N2O. The molecule has 0 radical (unpaired) electrons. The lowest BCUT2D eigenvalue weighted by Gasteiger charge is -2.17. The Morgan fingerprint density at radius 2 is 2.23 bits per heavy atom. The van der Waals surface area contributed by atoms with Gasteiger partial charge < -0.3 is 4.74 Å². The fraction of sp³-hybridized carbons (Fsp3) is 0.700. The first-order chi connectivity index (χ1) is 6.13. The van der Waals surface area contributed by atoms with Crippen LogP contribution in [0.4, 0.5) is 0 Å². The molecule has 1 heterocycles. The molecule has 0 bridgehead atoms. The number of rotatable bonds is 4. The minimum atomic E-state index is 0.189. The normalized spacial score (nSPS) is 13.6. The lowest BCUT2D eigenvalue weighted by atomic mass is 10.1. The van der Waals surface area contributed by atoms with Gasteiger partial charge in [0.15, 0.2) is 0 Å². The number of aromatic nitrogens is 2. The van der Waals surface area contributed by atoms with Crippen LogP contribution in [-0.4, -0.2) is 15.9 Å². The van der Waals surface area contributed by atoms with Crippen molar-refractivity contribution in [1.29, 1.82) is 0 Å². The van der Waals surface area contributed by atoms with Gasteiger partial charge in [0.05, 0.1) is 18.4 Å². The maximum atomic E-state index is 5.75. The van der Waals surface area contributed by atoms with Gasteiger partial charge in [0.1, 0.15) is 0 Å². The minimum absolute atomic E-state index is 0.189. The zero-order valence-electron chi connectivity index (χ0n) is 8.82. The van der Waals surface area contributed by atoms with Gasteiger partial charge in [-0.1, -0.05) is 6.92 Å². The largest absolute Gasteiger partial charge is 0.371 e. The van der Waals surface area contributed by atoms with E-state index in [4.69, 9.17) is 4.74 Å². The van der Waals surface area contributed by atoms with Gasteiger partial charge in [-0.3, -0.25) is 4.68 Å². The second kappa shape index (κ2) is 4.42. The third kappa shape index (κ3) is 2.84. The van der Waals surface area contributed by atoms with E-state index in [0.717, 1.165) is 6.42 Å². The van der Waals surface area contributed by atoms with Gasteiger partial charge >= 0.3 is 0 Å². The van der Waals surface area contributed by atoms with Crippen molar-refractivity contribution in [1.82, 2.24) is 9.78 Å². The summed E-state index contributed by atoms with van der Waals surface area (Å²) in [6, 6.07) is 0. The molecule has 0 N–H and O–H groups in total. The van der Waals surface area contributed by atoms with Crippen molar-refractivity contribution in [3.63, 3.8) is 0 Å². The van der Waals surface area contributed by atoms with Crippen molar-refractivity contribution in [3.8, 4) is 0 Å². The van der Waals surface area contributed by atoms with Gasteiger partial charge in [0.2, 0.25) is 0 Å². The van der Waals surface area contributed by atoms with E-state index < -0.39 is 0 Å². The molecule has 0 amide bonds. The summed E-state index contributed by atoms with van der Waals surface area (Å²) in [5.74, 6) is 0. The molecule has 74 valence electrons. The summed E-state index contributed by atoms with van der Waals surface area (Å²) < 4.78 is 7.55. The Hall–Kier alpha value is -0.830. The zero-order valence-corrected chi connectivity index (χ0v) is 8.82. The SMILES string of the molecule is CCC(OC(C)C)c1cnn(C)c1. The summed E-state index contributed by atoms with van der Waals surface area (Å²) in [4.78, 5) is 0. The lowest BCUT2D eigenvalue weighted by Crippen LogP contribution is -2.09. The van der Waals surface area contributed by atoms with Crippen LogP contribution in [0, 0.1) is 0 Å². The number of aryl methyl sites for hydroxylation is 1. The summed E-state index contributed by atoms with van der Waals surface area (Å²) in [6.07, 6.45) is 5.33. The Morgan fingerprint density at radius 1 is 1.54 bits per heavy atom. The van der Waals surface area contributed by atoms with Crippen molar-refractivity contribution in [2.45, 2.75) is 39.4 Å². The molecule has 0 spiro atoms. The monoisotopic (exact) mass is 182 g/mol. The third-order valence-electron chi connectivity index (χ3n) is 1.90. The van der Waals surface area contributed by atoms with E-state index in [2.05, 4.69) is 25.9 Å². The Morgan fingerprint density at radius 3 is 2.62 bits per heavy atom. The van der Waals surface area contributed by atoms with Crippen LogP contribution in [0.1, 0.15) is 38.9 Å². The molecule has 0 fully saturated rings. The van der Waals surface area contributed by atoms with Gasteiger partial charge in [-0.25, -0.2) is 0 Å². The van der Waals surface area contributed by atoms with Crippen molar-refractivity contribution >= 4 is 0 Å². The lowest BCUT2D eigenvalue weighted by molar-refractivity contribution is 0.00445. The first kappa shape index (κ1) is 10.3. The first-order valence-corrected chi connectivity index (χ1v) is 4.77. The maximum absolute atomic E-state index is 5.75. The average molecular weight is 182 g/mol. The molecule has 1 aromatic heterocycles. The second-order valence-corrected chi connectivity index (χ2v) is 3.53. The highest BCUT2D eigenvalue weighted by atomic mass is 16.5. The van der Waals surface area contributed by atoms with Gasteiger partial charge in [-0.05, 0) is 20.3 Å². The van der Waals surface area contributed by atoms with Crippen LogP contribution in [0.25, 0.3) is 0 Å². The van der Waals surface area contributed by atoms with E-state index >= 15 is 0 Å². The number of ether oxygens (including phenoxy) is 1. The molecule has 13 heavy (non-hydrogen) atoms. The van der Waals surface area contributed by atoms with E-state index in [9.17, 15) is 0 Å². The van der Waals surface area contributed by atoms with E-state index in [1.54, 1.807) is 0 Å². The molecule has 0 aliphatic rings. The molecule has 0 saturated heterocycles. The quantitative estimate of drug-likeness (QED) is 0.714. The standard InChI is InChI=1S/C10H18N2O/c1-5-10(13-8(2)3)9-6-11-12(4)7-9/h6-8,10H,5H2,1-4H3. The van der Waals surface area contributed by atoms with Gasteiger partial charge in [0.25, 0.3) is 0 Å². The molecular weight excluding hydrogens is 164 g/mol. The van der Waals surface area contributed by atoms with Crippen molar-refractivity contribution in [2.24, 2.45) is 7.05 Å². The van der Waals surface area contributed by atoms with Crippen molar-refractivity contribution < 1.29 is 4.74 Å². The summed E-state index contributed by atoms with van der Waals surface area (Å²) in [5, 5.41) is 4.13. The van der Waals surface area contributed by atoms with Crippen LogP contribution >= 0.6 is 0 Å². The van der Waals surface area contributed by atoms with Crippen molar-refractivity contribution in [2.75, 3.05) is 0 Å². The highest BCUT2D eigenvalue weighted by molar-refractivity contribution is 5.07. The first-order valence-electron chi connectivity index (χ1n) is 4.77. The molecule has 0 aromatic carbocycles. The fourth-order valence-corrected chi connectivity index (χ4v) is 1.35. The molecule has 0 aliphatic carbocycles. The molecule has 1 unspecified atom stereocenters. The topological polar surface area (TPSA) is 27.1 Å². The summed E-state index contributed by atoms with van der Waals surface area (Å²) in [7, 11) is 1.92. The Kier molecular flexibility index (Phi) is 3.48. The fourth-order valence-electron chi connectivity index (χ4n) is 1.35. The van der Waals surface area contributed by atoms with Crippen LogP contribution in [0.5, 0.6) is 0 Å². The number of nitrogens with zero attached hydrogens (tertiary/aromatic N) is 2. The average Bonchev–Trinajstić information content (AvgIpc) is 2.47. The van der Waals surface area contributed by atoms with Crippen LogP contribution in [0.2, 0.25) is 0 Å². The van der Waals surface area contributed by atoms with Crippen LogP contribution < -0.4 is 0 Å². The van der Waals surface area contributed by atoms with E-state index in [1.165, 1.54) is 5.56 Å². The van der Waals surface area contributed by atoms with Gasteiger partial charge in [-0.2, -0.15) is 5.10 Å². The predicted molar refractivity (Wildman–Crippen MR) is 52.5 cm³/mol. The van der Waals surface area contributed by atoms with Crippen LogP contribution in [0.3, 0.4) is 0 Å². The Labute approximate surface area is 79.7 Å². The van der Waals surface area contributed by atoms with E-state index in [1.807, 2.05) is 24.1 Å². The summed E-state index contributed by atoms with van der Waals surface area (Å²) in [6.45, 7) is 6.23. The van der Waals surface area contributed by atoms with E-state index in [0.29, 0.717) is 0 Å². The smallest absolute Gasteiger partial charge is 0.0856 e. The highest BCUT2D eigenvalue weighted by Gasteiger charge is 2.12. The summed E-state index contributed by atoms with van der Waals surface area (Å²) >= 11 is 0. The molecule has 3 nitrogen and oxygen atoms in total. The van der Waals surface area contributed by atoms with Crippen LogP contribution in [-0.2, 0) is 11.8 Å². The van der Waals surface area contributed by atoms with Crippen molar-refractivity contribution in [3.05, 3.63) is 18.0 Å². The molecule has 3 heteroatoms. The number of hydrogen-bond acceptors (Lipinski definition) is 2. The molecule has 0 aliphatic heterocycles. The Balaban J connectivity index is 2.66. The molecule has 0 saturated carbocycles. The molecule has 1 atom stereocenters. The summed E-state index contributed by atoms with van der Waals surface area (Å²) in [5.41, 5.74) is 1.17. The third-order valence-corrected chi connectivity index (χ3v) is 1.90. The highest BCUT2D eigenvalue weighted by Crippen LogP contribution is 2.21. The molecule has 1 aromatic rings. The van der Waals surface area contributed by atoms with Crippen LogP contribution in [0.15, 0.2) is 12.4 Å². The molecule has 1 rings (SSSR count).